The third-order valence-electron chi connectivity index (χ3n) is 2.80. The Hall–Kier alpha value is -1.11. The molecule has 110 valence electrons. The van der Waals surface area contributed by atoms with Gasteiger partial charge in [0.05, 0.1) is 15.0 Å². The van der Waals surface area contributed by atoms with Crippen molar-refractivity contribution in [3.63, 3.8) is 0 Å². The fourth-order valence-corrected chi connectivity index (χ4v) is 2.98. The smallest absolute Gasteiger partial charge is 0.276 e. The average Bonchev–Trinajstić information content (AvgIpc) is 2.45. The molecule has 0 atom stereocenters. The Morgan fingerprint density at radius 2 is 2.00 bits per heavy atom. The highest BCUT2D eigenvalue weighted by molar-refractivity contribution is 9.10. The number of nitro benzene ring substituents is 1. The van der Waals surface area contributed by atoms with E-state index >= 15 is 0 Å². The number of nitrogens with zero attached hydrogens (tertiary/aromatic N) is 1. The number of hydrogen-bond donors (Lipinski definition) is 0. The van der Waals surface area contributed by atoms with E-state index < -0.39 is 4.92 Å². The SMILES string of the molecule is O=[N+]([O-])c1ccc(Cl)cc1COc1c(Br)cccc1CBr. The molecule has 0 aliphatic carbocycles. The van der Waals surface area contributed by atoms with Crippen molar-refractivity contribution in [1.82, 2.24) is 0 Å². The molecule has 0 heterocycles. The average molecular weight is 435 g/mol. The van der Waals surface area contributed by atoms with Gasteiger partial charge in [0.2, 0.25) is 0 Å². The van der Waals surface area contributed by atoms with Crippen LogP contribution in [0.1, 0.15) is 11.1 Å². The highest BCUT2D eigenvalue weighted by Gasteiger charge is 2.16. The molecule has 0 N–H and O–H groups in total. The molecule has 2 aromatic carbocycles. The number of benzene rings is 2. The molecule has 0 spiro atoms. The van der Waals surface area contributed by atoms with E-state index in [9.17, 15) is 10.1 Å². The molecule has 0 saturated heterocycles. The summed E-state index contributed by atoms with van der Waals surface area (Å²) in [5, 5.41) is 12.1. The first-order chi connectivity index (χ1) is 10.0. The van der Waals surface area contributed by atoms with Gasteiger partial charge in [-0.05, 0) is 34.1 Å². The minimum absolute atomic E-state index is 0.00755. The number of ether oxygens (including phenoxy) is 1. The summed E-state index contributed by atoms with van der Waals surface area (Å²) in [5.74, 6) is 0.656. The van der Waals surface area contributed by atoms with Gasteiger partial charge < -0.3 is 4.74 Å². The molecule has 2 aromatic rings. The van der Waals surface area contributed by atoms with Crippen LogP contribution in [-0.2, 0) is 11.9 Å². The quantitative estimate of drug-likeness (QED) is 0.355. The molecule has 0 unspecified atom stereocenters. The van der Waals surface area contributed by atoms with Gasteiger partial charge >= 0.3 is 0 Å². The van der Waals surface area contributed by atoms with Crippen molar-refractivity contribution in [1.29, 1.82) is 0 Å². The minimum Gasteiger partial charge on any atom is -0.487 e. The van der Waals surface area contributed by atoms with Crippen LogP contribution in [0.25, 0.3) is 0 Å². The van der Waals surface area contributed by atoms with Gasteiger partial charge in [-0.25, -0.2) is 0 Å². The van der Waals surface area contributed by atoms with E-state index in [1.807, 2.05) is 18.2 Å². The number of rotatable bonds is 5. The Kier molecular flexibility index (Phi) is 5.61. The summed E-state index contributed by atoms with van der Waals surface area (Å²) in [5.41, 5.74) is 1.38. The van der Waals surface area contributed by atoms with Gasteiger partial charge in [0.25, 0.3) is 5.69 Å². The maximum Gasteiger partial charge on any atom is 0.276 e. The monoisotopic (exact) mass is 433 g/mol. The van der Waals surface area contributed by atoms with Crippen LogP contribution in [-0.4, -0.2) is 4.92 Å². The summed E-state index contributed by atoms with van der Waals surface area (Å²) in [7, 11) is 0. The topological polar surface area (TPSA) is 52.4 Å². The molecule has 7 heteroatoms. The fourth-order valence-electron chi connectivity index (χ4n) is 1.82. The Morgan fingerprint density at radius 1 is 1.24 bits per heavy atom. The van der Waals surface area contributed by atoms with Crippen LogP contribution < -0.4 is 4.74 Å². The molecule has 0 bridgehead atoms. The van der Waals surface area contributed by atoms with Crippen molar-refractivity contribution in [3.8, 4) is 5.75 Å². The van der Waals surface area contributed by atoms with Gasteiger partial charge in [0, 0.05) is 22.0 Å². The van der Waals surface area contributed by atoms with Gasteiger partial charge in [0.1, 0.15) is 12.4 Å². The molecule has 0 amide bonds. The van der Waals surface area contributed by atoms with E-state index in [0.717, 1.165) is 10.0 Å². The second-order valence-electron chi connectivity index (χ2n) is 4.18. The van der Waals surface area contributed by atoms with Crippen molar-refractivity contribution in [3.05, 3.63) is 67.1 Å². The molecule has 2 rings (SSSR count). The number of halogens is 3. The Morgan fingerprint density at radius 3 is 2.67 bits per heavy atom. The summed E-state index contributed by atoms with van der Waals surface area (Å²) < 4.78 is 6.55. The van der Waals surface area contributed by atoms with E-state index in [4.69, 9.17) is 16.3 Å². The zero-order valence-electron chi connectivity index (χ0n) is 10.7. The Balaban J connectivity index is 2.28. The first kappa shape index (κ1) is 16.3. The molecular formula is C14H10Br2ClNO3. The number of hydrogen-bond acceptors (Lipinski definition) is 3. The molecule has 0 fully saturated rings. The summed E-state index contributed by atoms with van der Waals surface area (Å²) in [6.07, 6.45) is 0. The number of alkyl halides is 1. The van der Waals surface area contributed by atoms with Gasteiger partial charge in [-0.2, -0.15) is 0 Å². The number of para-hydroxylation sites is 1. The van der Waals surface area contributed by atoms with E-state index in [2.05, 4.69) is 31.9 Å². The largest absolute Gasteiger partial charge is 0.487 e. The lowest BCUT2D eigenvalue weighted by atomic mass is 10.2. The molecule has 0 aliphatic heterocycles. The fraction of sp³-hybridized carbons (Fsp3) is 0.143. The van der Waals surface area contributed by atoms with Crippen LogP contribution in [0.2, 0.25) is 5.02 Å². The van der Waals surface area contributed by atoms with Crippen LogP contribution in [0.3, 0.4) is 0 Å². The van der Waals surface area contributed by atoms with Crippen LogP contribution in [0.4, 0.5) is 5.69 Å². The second-order valence-corrected chi connectivity index (χ2v) is 6.03. The molecule has 0 aliphatic rings. The first-order valence-electron chi connectivity index (χ1n) is 5.92. The Bertz CT molecular complexity index is 679. The standard InChI is InChI=1S/C14H10Br2ClNO3/c15-7-9-2-1-3-12(16)14(9)21-8-10-6-11(17)4-5-13(10)18(19)20/h1-6H,7-8H2. The first-order valence-corrected chi connectivity index (χ1v) is 8.21. The van der Waals surface area contributed by atoms with Crippen molar-refractivity contribution in [2.75, 3.05) is 0 Å². The maximum atomic E-state index is 11.0. The lowest BCUT2D eigenvalue weighted by Crippen LogP contribution is -2.02. The van der Waals surface area contributed by atoms with Crippen molar-refractivity contribution >= 4 is 49.1 Å². The Labute approximate surface area is 143 Å². The third-order valence-corrected chi connectivity index (χ3v) is 4.27. The predicted molar refractivity (Wildman–Crippen MR) is 89.2 cm³/mol. The molecular weight excluding hydrogens is 425 g/mol. The zero-order valence-corrected chi connectivity index (χ0v) is 14.6. The normalized spacial score (nSPS) is 10.4. The van der Waals surface area contributed by atoms with Gasteiger partial charge in [-0.1, -0.05) is 39.7 Å². The molecule has 0 radical (unpaired) electrons. The molecule has 4 nitrogen and oxygen atoms in total. The predicted octanol–water partition coefficient (Wildman–Crippen LogP) is 5.48. The van der Waals surface area contributed by atoms with Crippen molar-refractivity contribution < 1.29 is 9.66 Å². The minimum atomic E-state index is -0.444. The molecule has 0 saturated carbocycles. The summed E-state index contributed by atoms with van der Waals surface area (Å²) in [6, 6.07) is 10.1. The summed E-state index contributed by atoms with van der Waals surface area (Å²) in [6.45, 7) is 0.0689. The van der Waals surface area contributed by atoms with E-state index in [1.54, 1.807) is 6.07 Å². The van der Waals surface area contributed by atoms with Crippen molar-refractivity contribution in [2.24, 2.45) is 0 Å². The van der Waals surface area contributed by atoms with E-state index in [0.29, 0.717) is 21.7 Å². The maximum absolute atomic E-state index is 11.0. The lowest BCUT2D eigenvalue weighted by molar-refractivity contribution is -0.385. The lowest BCUT2D eigenvalue weighted by Gasteiger charge is -2.12. The third kappa shape index (κ3) is 3.96. The highest BCUT2D eigenvalue weighted by Crippen LogP contribution is 2.32. The van der Waals surface area contributed by atoms with Gasteiger partial charge in [-0.15, -0.1) is 0 Å². The van der Waals surface area contributed by atoms with Crippen LogP contribution in [0.15, 0.2) is 40.9 Å². The summed E-state index contributed by atoms with van der Waals surface area (Å²) >= 11 is 12.7. The van der Waals surface area contributed by atoms with Gasteiger partial charge in [-0.3, -0.25) is 10.1 Å². The van der Waals surface area contributed by atoms with Crippen LogP contribution in [0.5, 0.6) is 5.75 Å². The second kappa shape index (κ2) is 7.24. The zero-order chi connectivity index (χ0) is 15.4. The molecule has 21 heavy (non-hydrogen) atoms. The van der Waals surface area contributed by atoms with E-state index in [-0.39, 0.29) is 12.3 Å². The molecule has 0 aromatic heterocycles. The van der Waals surface area contributed by atoms with Crippen LogP contribution in [0, 0.1) is 10.1 Å². The van der Waals surface area contributed by atoms with Gasteiger partial charge in [0.15, 0.2) is 0 Å². The van der Waals surface area contributed by atoms with Crippen LogP contribution >= 0.6 is 43.5 Å². The van der Waals surface area contributed by atoms with Crippen molar-refractivity contribution in [2.45, 2.75) is 11.9 Å². The number of nitro groups is 1. The highest BCUT2D eigenvalue weighted by atomic mass is 79.9. The summed E-state index contributed by atoms with van der Waals surface area (Å²) in [4.78, 5) is 10.6. The van der Waals surface area contributed by atoms with E-state index in [1.165, 1.54) is 12.1 Å².